The number of halogens is 1. The number of likely N-dealkylation sites (tertiary alicyclic amines) is 1. The predicted octanol–water partition coefficient (Wildman–Crippen LogP) is 2.39. The minimum absolute atomic E-state index is 0.185. The van der Waals surface area contributed by atoms with E-state index in [-0.39, 0.29) is 6.03 Å². The van der Waals surface area contributed by atoms with Gasteiger partial charge >= 0.3 is 12.0 Å². The normalized spacial score (nSPS) is 18.3. The van der Waals surface area contributed by atoms with Crippen LogP contribution in [0.3, 0.4) is 0 Å². The Labute approximate surface area is 128 Å². The quantitative estimate of drug-likeness (QED) is 0.897. The number of rotatable bonds is 4. The molecule has 6 heteroatoms. The molecule has 1 aliphatic rings. The Morgan fingerprint density at radius 1 is 1.33 bits per heavy atom. The molecule has 1 atom stereocenters. The van der Waals surface area contributed by atoms with Gasteiger partial charge in [-0.1, -0.05) is 23.7 Å². The molecule has 1 aromatic carbocycles. The van der Waals surface area contributed by atoms with Crippen LogP contribution >= 0.6 is 11.6 Å². The molecule has 0 aromatic heterocycles. The van der Waals surface area contributed by atoms with Gasteiger partial charge in [0, 0.05) is 24.7 Å². The van der Waals surface area contributed by atoms with Gasteiger partial charge in [0.1, 0.15) is 0 Å². The van der Waals surface area contributed by atoms with Crippen molar-refractivity contribution in [2.45, 2.75) is 19.3 Å². The van der Waals surface area contributed by atoms with Gasteiger partial charge in [0.2, 0.25) is 0 Å². The highest BCUT2D eigenvalue weighted by molar-refractivity contribution is 6.30. The topological polar surface area (TPSA) is 69.6 Å². The van der Waals surface area contributed by atoms with Gasteiger partial charge in [0.15, 0.2) is 0 Å². The maximum atomic E-state index is 12.0. The first-order valence-electron chi connectivity index (χ1n) is 7.06. The maximum absolute atomic E-state index is 12.0. The Morgan fingerprint density at radius 2 is 2.05 bits per heavy atom. The molecule has 1 aromatic rings. The molecule has 0 aliphatic carbocycles. The Balaban J connectivity index is 1.76. The molecule has 21 heavy (non-hydrogen) atoms. The molecule has 0 radical (unpaired) electrons. The van der Waals surface area contributed by atoms with E-state index in [0.29, 0.717) is 31.1 Å². The number of hydrogen-bond donors (Lipinski definition) is 2. The molecule has 0 spiro atoms. The number of carboxylic acids is 1. The summed E-state index contributed by atoms with van der Waals surface area (Å²) in [5, 5.41) is 12.5. The second kappa shape index (κ2) is 7.31. The summed E-state index contributed by atoms with van der Waals surface area (Å²) in [7, 11) is 0. The third-order valence-electron chi connectivity index (χ3n) is 3.66. The number of carbonyl (C=O) groups is 2. The van der Waals surface area contributed by atoms with Gasteiger partial charge in [-0.05, 0) is 37.0 Å². The number of piperidine rings is 1. The highest BCUT2D eigenvalue weighted by Crippen LogP contribution is 2.16. The van der Waals surface area contributed by atoms with Crippen molar-refractivity contribution in [2.24, 2.45) is 5.92 Å². The van der Waals surface area contributed by atoms with Crippen molar-refractivity contribution in [2.75, 3.05) is 19.6 Å². The molecule has 1 aliphatic heterocycles. The zero-order valence-corrected chi connectivity index (χ0v) is 12.5. The Morgan fingerprint density at radius 3 is 2.71 bits per heavy atom. The molecule has 1 heterocycles. The summed E-state index contributed by atoms with van der Waals surface area (Å²) >= 11 is 5.81. The van der Waals surface area contributed by atoms with Crippen LogP contribution in [0.2, 0.25) is 5.02 Å². The number of urea groups is 1. The van der Waals surface area contributed by atoms with Crippen LogP contribution in [0.1, 0.15) is 18.4 Å². The molecule has 0 bridgehead atoms. The molecular formula is C15H19ClN2O3. The van der Waals surface area contributed by atoms with Crippen LogP contribution in [-0.2, 0) is 11.2 Å². The predicted molar refractivity (Wildman–Crippen MR) is 80.5 cm³/mol. The number of carbonyl (C=O) groups excluding carboxylic acids is 1. The van der Waals surface area contributed by atoms with Gasteiger partial charge in [0.25, 0.3) is 0 Å². The zero-order valence-electron chi connectivity index (χ0n) is 11.7. The minimum atomic E-state index is -0.825. The van der Waals surface area contributed by atoms with E-state index in [2.05, 4.69) is 5.32 Å². The molecule has 2 N–H and O–H groups in total. The van der Waals surface area contributed by atoms with Crippen LogP contribution in [0.25, 0.3) is 0 Å². The lowest BCUT2D eigenvalue weighted by Gasteiger charge is -2.30. The summed E-state index contributed by atoms with van der Waals surface area (Å²) in [5.41, 5.74) is 1.10. The first kappa shape index (κ1) is 15.6. The van der Waals surface area contributed by atoms with Crippen molar-refractivity contribution in [3.05, 3.63) is 34.9 Å². The Bertz CT molecular complexity index is 504. The van der Waals surface area contributed by atoms with Gasteiger partial charge in [-0.25, -0.2) is 4.79 Å². The fourth-order valence-corrected chi connectivity index (χ4v) is 2.57. The van der Waals surface area contributed by atoms with Gasteiger partial charge in [-0.2, -0.15) is 0 Å². The lowest BCUT2D eigenvalue weighted by Crippen LogP contribution is -2.47. The first-order valence-corrected chi connectivity index (χ1v) is 7.44. The van der Waals surface area contributed by atoms with Crippen LogP contribution in [-0.4, -0.2) is 41.6 Å². The van der Waals surface area contributed by atoms with Gasteiger partial charge in [0.05, 0.1) is 5.92 Å². The largest absolute Gasteiger partial charge is 0.481 e. The zero-order chi connectivity index (χ0) is 15.2. The molecule has 114 valence electrons. The highest BCUT2D eigenvalue weighted by atomic mass is 35.5. The number of hydrogen-bond acceptors (Lipinski definition) is 2. The maximum Gasteiger partial charge on any atom is 0.317 e. The lowest BCUT2D eigenvalue weighted by molar-refractivity contribution is -0.143. The highest BCUT2D eigenvalue weighted by Gasteiger charge is 2.27. The summed E-state index contributed by atoms with van der Waals surface area (Å²) in [6, 6.07) is 7.31. The van der Waals surface area contributed by atoms with Gasteiger partial charge < -0.3 is 15.3 Å². The SMILES string of the molecule is O=C(O)[C@@H]1CCCN(C(=O)NCCc2ccc(Cl)cc2)C1. The standard InChI is InChI=1S/C15H19ClN2O3/c16-13-5-3-11(4-6-13)7-8-17-15(21)18-9-1-2-12(10-18)14(19)20/h3-6,12H,1-2,7-10H2,(H,17,21)(H,19,20)/t12-/m1/s1. The van der Waals surface area contributed by atoms with Gasteiger partial charge in [-0.3, -0.25) is 4.79 Å². The second-order valence-electron chi connectivity index (χ2n) is 5.23. The van der Waals surface area contributed by atoms with Crippen LogP contribution < -0.4 is 5.32 Å². The number of nitrogens with zero attached hydrogens (tertiary/aromatic N) is 1. The van der Waals surface area contributed by atoms with Crippen molar-refractivity contribution >= 4 is 23.6 Å². The van der Waals surface area contributed by atoms with Crippen molar-refractivity contribution in [3.63, 3.8) is 0 Å². The molecule has 1 fully saturated rings. The van der Waals surface area contributed by atoms with E-state index >= 15 is 0 Å². The lowest BCUT2D eigenvalue weighted by atomic mass is 9.99. The molecule has 0 unspecified atom stereocenters. The van der Waals surface area contributed by atoms with Crippen LogP contribution in [0, 0.1) is 5.92 Å². The molecule has 5 nitrogen and oxygen atoms in total. The van der Waals surface area contributed by atoms with Gasteiger partial charge in [-0.15, -0.1) is 0 Å². The average Bonchev–Trinajstić information content (AvgIpc) is 2.49. The molecule has 0 saturated carbocycles. The first-order chi connectivity index (χ1) is 10.1. The summed E-state index contributed by atoms with van der Waals surface area (Å²) in [5.74, 6) is -1.27. The van der Waals surface area contributed by atoms with Crippen molar-refractivity contribution in [1.82, 2.24) is 10.2 Å². The number of amides is 2. The fraction of sp³-hybridized carbons (Fsp3) is 0.467. The Hall–Kier alpha value is -1.75. The van der Waals surface area contributed by atoms with E-state index in [1.165, 1.54) is 0 Å². The van der Waals surface area contributed by atoms with Crippen LogP contribution in [0.4, 0.5) is 4.79 Å². The van der Waals surface area contributed by atoms with Crippen molar-refractivity contribution < 1.29 is 14.7 Å². The summed E-state index contributed by atoms with van der Waals surface area (Å²) < 4.78 is 0. The second-order valence-corrected chi connectivity index (χ2v) is 5.67. The fourth-order valence-electron chi connectivity index (χ4n) is 2.44. The Kier molecular flexibility index (Phi) is 5.44. The van der Waals surface area contributed by atoms with E-state index in [9.17, 15) is 9.59 Å². The number of aliphatic carboxylic acids is 1. The molecular weight excluding hydrogens is 292 g/mol. The smallest absolute Gasteiger partial charge is 0.317 e. The molecule has 2 amide bonds. The molecule has 2 rings (SSSR count). The van der Waals surface area contributed by atoms with E-state index in [1.807, 2.05) is 24.3 Å². The van der Waals surface area contributed by atoms with E-state index in [4.69, 9.17) is 16.7 Å². The number of carboxylic acid groups (broad SMARTS) is 1. The van der Waals surface area contributed by atoms with Crippen molar-refractivity contribution in [1.29, 1.82) is 0 Å². The third-order valence-corrected chi connectivity index (χ3v) is 3.91. The molecule has 1 saturated heterocycles. The van der Waals surface area contributed by atoms with Crippen LogP contribution in [0.15, 0.2) is 24.3 Å². The van der Waals surface area contributed by atoms with E-state index in [0.717, 1.165) is 18.4 Å². The average molecular weight is 311 g/mol. The number of nitrogens with one attached hydrogen (secondary N) is 1. The van der Waals surface area contributed by atoms with E-state index in [1.54, 1.807) is 4.90 Å². The summed E-state index contributed by atoms with van der Waals surface area (Å²) in [4.78, 5) is 24.6. The summed E-state index contributed by atoms with van der Waals surface area (Å²) in [6.07, 6.45) is 2.10. The minimum Gasteiger partial charge on any atom is -0.481 e. The van der Waals surface area contributed by atoms with E-state index < -0.39 is 11.9 Å². The number of benzene rings is 1. The monoisotopic (exact) mass is 310 g/mol. The summed E-state index contributed by atoms with van der Waals surface area (Å²) in [6.45, 7) is 1.44. The van der Waals surface area contributed by atoms with Crippen LogP contribution in [0.5, 0.6) is 0 Å². The van der Waals surface area contributed by atoms with Crippen molar-refractivity contribution in [3.8, 4) is 0 Å². The third kappa shape index (κ3) is 4.63.